The highest BCUT2D eigenvalue weighted by Crippen LogP contribution is 2.33. The molecule has 2 amide bonds. The number of nitrogens with one attached hydrogen (secondary N) is 1. The van der Waals surface area contributed by atoms with Gasteiger partial charge in [0.15, 0.2) is 0 Å². The number of nitrogens with zero attached hydrogens (tertiary/aromatic N) is 2. The number of carbonyl (C=O) groups is 2. The number of rotatable bonds is 14. The van der Waals surface area contributed by atoms with Gasteiger partial charge in [-0.05, 0) is 68.1 Å². The first-order chi connectivity index (χ1) is 21.3. The van der Waals surface area contributed by atoms with Crippen molar-refractivity contribution in [3.8, 4) is 11.5 Å². The van der Waals surface area contributed by atoms with Crippen LogP contribution in [0.4, 0.5) is 5.69 Å². The lowest BCUT2D eigenvalue weighted by Gasteiger charge is -2.34. The molecule has 0 bridgehead atoms. The second-order valence-corrected chi connectivity index (χ2v) is 12.7. The van der Waals surface area contributed by atoms with Crippen LogP contribution in [0.25, 0.3) is 0 Å². The van der Waals surface area contributed by atoms with E-state index in [1.165, 1.54) is 17.0 Å². The van der Waals surface area contributed by atoms with Crippen LogP contribution < -0.4 is 19.1 Å². The Labute approximate surface area is 261 Å². The Bertz CT molecular complexity index is 1470. The van der Waals surface area contributed by atoms with Crippen molar-refractivity contribution in [2.24, 2.45) is 0 Å². The topological polar surface area (TPSA) is 105 Å². The fourth-order valence-electron chi connectivity index (χ4n) is 5.57. The lowest BCUT2D eigenvalue weighted by molar-refractivity contribution is -0.140. The van der Waals surface area contributed by atoms with Crippen LogP contribution >= 0.6 is 0 Å². The minimum Gasteiger partial charge on any atom is -0.497 e. The SMILES string of the molecule is CCOc1ccccc1N(CC(=O)N(Cc1ccc(OC)cc1)[C@@H](CC)C(=O)NC1CCCCC1)S(=O)(=O)c1ccccc1. The van der Waals surface area contributed by atoms with Crippen molar-refractivity contribution in [1.82, 2.24) is 10.2 Å². The van der Waals surface area contributed by atoms with E-state index in [9.17, 15) is 18.0 Å². The third-order valence-electron chi connectivity index (χ3n) is 7.89. The molecule has 44 heavy (non-hydrogen) atoms. The summed E-state index contributed by atoms with van der Waals surface area (Å²) in [4.78, 5) is 29.6. The molecule has 1 N–H and O–H groups in total. The minimum atomic E-state index is -4.19. The molecule has 9 nitrogen and oxygen atoms in total. The van der Waals surface area contributed by atoms with Gasteiger partial charge in [-0.1, -0.05) is 68.7 Å². The van der Waals surface area contributed by atoms with Crippen molar-refractivity contribution in [3.05, 3.63) is 84.4 Å². The number of sulfonamides is 1. The maximum Gasteiger partial charge on any atom is 0.264 e. The third-order valence-corrected chi connectivity index (χ3v) is 9.67. The fraction of sp³-hybridized carbons (Fsp3) is 0.412. The van der Waals surface area contributed by atoms with Gasteiger partial charge >= 0.3 is 0 Å². The highest BCUT2D eigenvalue weighted by molar-refractivity contribution is 7.92. The maximum atomic E-state index is 14.4. The lowest BCUT2D eigenvalue weighted by atomic mass is 9.95. The number of methoxy groups -OCH3 is 1. The first-order valence-electron chi connectivity index (χ1n) is 15.3. The molecule has 1 atom stereocenters. The van der Waals surface area contributed by atoms with Gasteiger partial charge in [-0.3, -0.25) is 13.9 Å². The molecule has 1 fully saturated rings. The molecule has 1 saturated carbocycles. The molecular weight excluding hydrogens is 578 g/mol. The number of para-hydroxylation sites is 2. The van der Waals surface area contributed by atoms with E-state index >= 15 is 0 Å². The number of hydrogen-bond donors (Lipinski definition) is 1. The summed E-state index contributed by atoms with van der Waals surface area (Å²) in [7, 11) is -2.61. The summed E-state index contributed by atoms with van der Waals surface area (Å²) < 4.78 is 40.4. The first-order valence-corrected chi connectivity index (χ1v) is 16.7. The standard InChI is InChI=1S/C34H43N3O6S/c1-4-30(34(39)35-27-14-8-6-9-15-27)36(24-26-20-22-28(42-3)23-21-26)33(38)25-37(31-18-12-13-19-32(31)43-5-2)44(40,41)29-16-10-7-11-17-29/h7,10-13,16-23,27,30H,4-6,8-9,14-15,24-25H2,1-3H3,(H,35,39)/t30-/m0/s1. The van der Waals surface area contributed by atoms with Crippen molar-refractivity contribution in [1.29, 1.82) is 0 Å². The Hall–Kier alpha value is -4.05. The summed E-state index contributed by atoms with van der Waals surface area (Å²) in [6.07, 6.45) is 5.45. The van der Waals surface area contributed by atoms with E-state index in [1.807, 2.05) is 26.0 Å². The first kappa shape index (κ1) is 32.9. The summed E-state index contributed by atoms with van der Waals surface area (Å²) >= 11 is 0. The van der Waals surface area contributed by atoms with Gasteiger partial charge in [0, 0.05) is 12.6 Å². The van der Waals surface area contributed by atoms with Gasteiger partial charge < -0.3 is 19.7 Å². The zero-order valence-electron chi connectivity index (χ0n) is 25.8. The molecule has 3 aromatic carbocycles. The molecule has 1 aliphatic rings. The number of ether oxygens (including phenoxy) is 2. The predicted molar refractivity (Wildman–Crippen MR) is 171 cm³/mol. The van der Waals surface area contributed by atoms with Crippen LogP contribution in [0.1, 0.15) is 57.9 Å². The molecular formula is C34H43N3O6S. The van der Waals surface area contributed by atoms with Crippen LogP contribution in [0.2, 0.25) is 0 Å². The van der Waals surface area contributed by atoms with Crippen molar-refractivity contribution >= 4 is 27.5 Å². The van der Waals surface area contributed by atoms with Gasteiger partial charge in [0.2, 0.25) is 11.8 Å². The highest BCUT2D eigenvalue weighted by atomic mass is 32.2. The second kappa shape index (κ2) is 15.6. The van der Waals surface area contributed by atoms with Crippen LogP contribution in [0, 0.1) is 0 Å². The van der Waals surface area contributed by atoms with E-state index in [4.69, 9.17) is 9.47 Å². The van der Waals surface area contributed by atoms with Gasteiger partial charge in [0.25, 0.3) is 10.0 Å². The molecule has 0 radical (unpaired) electrons. The molecule has 0 heterocycles. The average Bonchev–Trinajstić information content (AvgIpc) is 3.05. The molecule has 0 aromatic heterocycles. The molecule has 10 heteroatoms. The van der Waals surface area contributed by atoms with Crippen molar-refractivity contribution in [2.45, 2.75) is 75.9 Å². The molecule has 0 spiro atoms. The van der Waals surface area contributed by atoms with Crippen molar-refractivity contribution in [3.63, 3.8) is 0 Å². The summed E-state index contributed by atoms with van der Waals surface area (Å²) in [6.45, 7) is 3.58. The largest absolute Gasteiger partial charge is 0.497 e. The summed E-state index contributed by atoms with van der Waals surface area (Å²) in [5.74, 6) is 0.276. The normalized spacial score (nSPS) is 14.3. The molecule has 0 aliphatic heterocycles. The summed E-state index contributed by atoms with van der Waals surface area (Å²) in [5.41, 5.74) is 1.03. The third kappa shape index (κ3) is 8.11. The number of anilines is 1. The summed E-state index contributed by atoms with van der Waals surface area (Å²) in [5, 5.41) is 3.17. The van der Waals surface area contributed by atoms with Crippen LogP contribution in [-0.2, 0) is 26.2 Å². The molecule has 236 valence electrons. The lowest BCUT2D eigenvalue weighted by Crippen LogP contribution is -2.54. The average molecular weight is 622 g/mol. The monoisotopic (exact) mass is 621 g/mol. The molecule has 4 rings (SSSR count). The molecule has 0 saturated heterocycles. The van der Waals surface area contributed by atoms with Gasteiger partial charge in [-0.15, -0.1) is 0 Å². The number of hydrogen-bond acceptors (Lipinski definition) is 6. The Balaban J connectivity index is 1.73. The minimum absolute atomic E-state index is 0.0443. The zero-order chi connectivity index (χ0) is 31.5. The second-order valence-electron chi connectivity index (χ2n) is 10.9. The van der Waals surface area contributed by atoms with Crippen molar-refractivity contribution < 1.29 is 27.5 Å². The van der Waals surface area contributed by atoms with Gasteiger partial charge in [0.05, 0.1) is 24.3 Å². The number of benzene rings is 3. The van der Waals surface area contributed by atoms with Crippen molar-refractivity contribution in [2.75, 3.05) is 24.6 Å². The number of carbonyl (C=O) groups excluding carboxylic acids is 2. The van der Waals surface area contributed by atoms with E-state index in [0.717, 1.165) is 42.0 Å². The van der Waals surface area contributed by atoms with E-state index in [1.54, 1.807) is 61.7 Å². The van der Waals surface area contributed by atoms with Crippen LogP contribution in [-0.4, -0.2) is 57.5 Å². The van der Waals surface area contributed by atoms with E-state index < -0.39 is 28.5 Å². The predicted octanol–water partition coefficient (Wildman–Crippen LogP) is 5.55. The molecule has 0 unspecified atom stereocenters. The van der Waals surface area contributed by atoms with E-state index in [0.29, 0.717) is 24.5 Å². The van der Waals surface area contributed by atoms with Crippen LogP contribution in [0.15, 0.2) is 83.8 Å². The number of amides is 2. The van der Waals surface area contributed by atoms with Gasteiger partial charge in [-0.2, -0.15) is 0 Å². The smallest absolute Gasteiger partial charge is 0.264 e. The van der Waals surface area contributed by atoms with Crippen LogP contribution in [0.3, 0.4) is 0 Å². The Kier molecular flexibility index (Phi) is 11.7. The van der Waals surface area contributed by atoms with Crippen LogP contribution in [0.5, 0.6) is 11.5 Å². The zero-order valence-corrected chi connectivity index (χ0v) is 26.6. The highest BCUT2D eigenvalue weighted by Gasteiger charge is 2.35. The van der Waals surface area contributed by atoms with E-state index in [2.05, 4.69) is 5.32 Å². The summed E-state index contributed by atoms with van der Waals surface area (Å²) in [6, 6.07) is 21.3. The Morgan fingerprint density at radius 2 is 1.57 bits per heavy atom. The Morgan fingerprint density at radius 1 is 0.909 bits per heavy atom. The Morgan fingerprint density at radius 3 is 2.20 bits per heavy atom. The fourth-order valence-corrected chi connectivity index (χ4v) is 7.01. The quantitative estimate of drug-likeness (QED) is 0.253. The van der Waals surface area contributed by atoms with E-state index in [-0.39, 0.29) is 29.1 Å². The molecule has 3 aromatic rings. The van der Waals surface area contributed by atoms with Gasteiger partial charge in [0.1, 0.15) is 24.1 Å². The molecule has 1 aliphatic carbocycles. The maximum absolute atomic E-state index is 14.4. The van der Waals surface area contributed by atoms with Gasteiger partial charge in [-0.25, -0.2) is 8.42 Å².